The minimum absolute atomic E-state index is 0.220. The first-order chi connectivity index (χ1) is 10.2. The van der Waals surface area contributed by atoms with Crippen LogP contribution in [-0.2, 0) is 0 Å². The van der Waals surface area contributed by atoms with Crippen molar-refractivity contribution in [2.45, 2.75) is 39.3 Å². The molecule has 112 valence electrons. The standard InChI is InChI=1S/C18H24N2O/c1-4-13-21-17-10-8-16(9-11-17)14(2)20-15(3)18-7-5-6-12-19-18/h5-12,14-15,20H,4,13H2,1-3H3. The Balaban J connectivity index is 1.95. The average molecular weight is 284 g/mol. The van der Waals surface area contributed by atoms with Crippen LogP contribution < -0.4 is 10.1 Å². The van der Waals surface area contributed by atoms with Gasteiger partial charge >= 0.3 is 0 Å². The minimum atomic E-state index is 0.220. The molecule has 2 aromatic rings. The SMILES string of the molecule is CCCOc1ccc(C(C)NC(C)c2ccccn2)cc1. The predicted molar refractivity (Wildman–Crippen MR) is 86.4 cm³/mol. The van der Waals surface area contributed by atoms with E-state index in [1.807, 2.05) is 36.5 Å². The minimum Gasteiger partial charge on any atom is -0.494 e. The number of nitrogens with one attached hydrogen (secondary N) is 1. The predicted octanol–water partition coefficient (Wildman–Crippen LogP) is 4.28. The average Bonchev–Trinajstić information content (AvgIpc) is 2.54. The Morgan fingerprint density at radius 3 is 2.43 bits per heavy atom. The van der Waals surface area contributed by atoms with Gasteiger partial charge in [0.1, 0.15) is 5.75 Å². The van der Waals surface area contributed by atoms with E-state index in [1.165, 1.54) is 5.56 Å². The highest BCUT2D eigenvalue weighted by Gasteiger charge is 2.11. The van der Waals surface area contributed by atoms with Gasteiger partial charge in [0.05, 0.1) is 12.3 Å². The first kappa shape index (κ1) is 15.5. The summed E-state index contributed by atoms with van der Waals surface area (Å²) >= 11 is 0. The highest BCUT2D eigenvalue weighted by molar-refractivity contribution is 5.29. The van der Waals surface area contributed by atoms with E-state index in [0.717, 1.165) is 24.5 Å². The fourth-order valence-corrected chi connectivity index (χ4v) is 2.26. The molecule has 1 N–H and O–H groups in total. The molecule has 0 aliphatic heterocycles. The van der Waals surface area contributed by atoms with Crippen LogP contribution in [0.1, 0.15) is 50.5 Å². The number of ether oxygens (including phenoxy) is 1. The van der Waals surface area contributed by atoms with Crippen molar-refractivity contribution in [3.63, 3.8) is 0 Å². The van der Waals surface area contributed by atoms with Crippen molar-refractivity contribution in [3.8, 4) is 5.75 Å². The third kappa shape index (κ3) is 4.57. The third-order valence-corrected chi connectivity index (χ3v) is 3.48. The molecular formula is C18H24N2O. The monoisotopic (exact) mass is 284 g/mol. The normalized spacial score (nSPS) is 13.7. The van der Waals surface area contributed by atoms with Crippen LogP contribution in [0.25, 0.3) is 0 Å². The summed E-state index contributed by atoms with van der Waals surface area (Å²) in [6.07, 6.45) is 2.86. The second kappa shape index (κ2) is 7.79. The molecular weight excluding hydrogens is 260 g/mol. The molecule has 1 heterocycles. The molecule has 0 fully saturated rings. The molecule has 0 amide bonds. The van der Waals surface area contributed by atoms with Gasteiger partial charge in [-0.2, -0.15) is 0 Å². The van der Waals surface area contributed by atoms with Crippen LogP contribution in [0.15, 0.2) is 48.7 Å². The number of benzene rings is 1. The first-order valence-electron chi connectivity index (χ1n) is 7.60. The van der Waals surface area contributed by atoms with Crippen molar-refractivity contribution in [2.75, 3.05) is 6.61 Å². The second-order valence-electron chi connectivity index (χ2n) is 5.28. The summed E-state index contributed by atoms with van der Waals surface area (Å²) in [7, 11) is 0. The van der Waals surface area contributed by atoms with E-state index in [0.29, 0.717) is 0 Å². The summed E-state index contributed by atoms with van der Waals surface area (Å²) in [5.74, 6) is 0.936. The number of hydrogen-bond donors (Lipinski definition) is 1. The smallest absolute Gasteiger partial charge is 0.119 e. The molecule has 2 atom stereocenters. The Morgan fingerprint density at radius 2 is 1.81 bits per heavy atom. The van der Waals surface area contributed by atoms with Gasteiger partial charge in [-0.1, -0.05) is 25.1 Å². The molecule has 21 heavy (non-hydrogen) atoms. The lowest BCUT2D eigenvalue weighted by molar-refractivity contribution is 0.317. The Hall–Kier alpha value is -1.87. The molecule has 0 aliphatic rings. The zero-order valence-corrected chi connectivity index (χ0v) is 13.0. The van der Waals surface area contributed by atoms with Crippen molar-refractivity contribution in [2.24, 2.45) is 0 Å². The van der Waals surface area contributed by atoms with Gasteiger partial charge in [0.25, 0.3) is 0 Å². The molecule has 3 nitrogen and oxygen atoms in total. The summed E-state index contributed by atoms with van der Waals surface area (Å²) in [5, 5.41) is 3.57. The lowest BCUT2D eigenvalue weighted by Gasteiger charge is -2.20. The Bertz CT molecular complexity index is 525. The van der Waals surface area contributed by atoms with E-state index in [2.05, 4.69) is 43.2 Å². The molecule has 1 aromatic carbocycles. The van der Waals surface area contributed by atoms with Crippen LogP contribution in [-0.4, -0.2) is 11.6 Å². The van der Waals surface area contributed by atoms with Crippen molar-refractivity contribution < 1.29 is 4.74 Å². The molecule has 0 aliphatic carbocycles. The maximum atomic E-state index is 5.61. The second-order valence-corrected chi connectivity index (χ2v) is 5.28. The third-order valence-electron chi connectivity index (χ3n) is 3.48. The van der Waals surface area contributed by atoms with Gasteiger partial charge in [-0.25, -0.2) is 0 Å². The largest absolute Gasteiger partial charge is 0.494 e. The molecule has 0 saturated heterocycles. The fraction of sp³-hybridized carbons (Fsp3) is 0.389. The zero-order valence-electron chi connectivity index (χ0n) is 13.0. The van der Waals surface area contributed by atoms with Crippen molar-refractivity contribution in [1.29, 1.82) is 0 Å². The number of hydrogen-bond acceptors (Lipinski definition) is 3. The number of rotatable bonds is 7. The molecule has 0 spiro atoms. The van der Waals surface area contributed by atoms with Crippen LogP contribution in [0.4, 0.5) is 0 Å². The van der Waals surface area contributed by atoms with Gasteiger partial charge in [-0.05, 0) is 50.1 Å². The molecule has 2 rings (SSSR count). The van der Waals surface area contributed by atoms with Gasteiger partial charge in [0, 0.05) is 18.3 Å². The van der Waals surface area contributed by atoms with Crippen LogP contribution in [0.5, 0.6) is 5.75 Å². The topological polar surface area (TPSA) is 34.1 Å². The summed E-state index contributed by atoms with van der Waals surface area (Å²) in [4.78, 5) is 4.39. The van der Waals surface area contributed by atoms with Crippen molar-refractivity contribution >= 4 is 0 Å². The van der Waals surface area contributed by atoms with Crippen LogP contribution in [0, 0.1) is 0 Å². The van der Waals surface area contributed by atoms with Crippen LogP contribution in [0.3, 0.4) is 0 Å². The Morgan fingerprint density at radius 1 is 1.05 bits per heavy atom. The molecule has 0 radical (unpaired) electrons. The lowest BCUT2D eigenvalue weighted by atomic mass is 10.1. The van der Waals surface area contributed by atoms with E-state index in [-0.39, 0.29) is 12.1 Å². The summed E-state index contributed by atoms with van der Waals surface area (Å²) < 4.78 is 5.61. The van der Waals surface area contributed by atoms with E-state index in [4.69, 9.17) is 4.74 Å². The van der Waals surface area contributed by atoms with E-state index in [9.17, 15) is 0 Å². The summed E-state index contributed by atoms with van der Waals surface area (Å²) in [6, 6.07) is 14.8. The molecule has 2 unspecified atom stereocenters. The quantitative estimate of drug-likeness (QED) is 0.824. The van der Waals surface area contributed by atoms with E-state index < -0.39 is 0 Å². The van der Waals surface area contributed by atoms with Gasteiger partial charge in [-0.15, -0.1) is 0 Å². The fourth-order valence-electron chi connectivity index (χ4n) is 2.26. The van der Waals surface area contributed by atoms with Gasteiger partial charge < -0.3 is 10.1 Å². The van der Waals surface area contributed by atoms with E-state index >= 15 is 0 Å². The van der Waals surface area contributed by atoms with Crippen molar-refractivity contribution in [1.82, 2.24) is 10.3 Å². The molecule has 1 aromatic heterocycles. The summed E-state index contributed by atoms with van der Waals surface area (Å²) in [5.41, 5.74) is 2.31. The molecule has 3 heteroatoms. The summed E-state index contributed by atoms with van der Waals surface area (Å²) in [6.45, 7) is 7.18. The number of pyridine rings is 1. The van der Waals surface area contributed by atoms with Crippen LogP contribution in [0.2, 0.25) is 0 Å². The maximum Gasteiger partial charge on any atom is 0.119 e. The zero-order chi connectivity index (χ0) is 15.1. The van der Waals surface area contributed by atoms with Gasteiger partial charge in [-0.3, -0.25) is 4.98 Å². The highest BCUT2D eigenvalue weighted by Crippen LogP contribution is 2.20. The first-order valence-corrected chi connectivity index (χ1v) is 7.60. The Kier molecular flexibility index (Phi) is 5.76. The lowest BCUT2D eigenvalue weighted by Crippen LogP contribution is -2.23. The maximum absolute atomic E-state index is 5.61. The van der Waals surface area contributed by atoms with Crippen LogP contribution >= 0.6 is 0 Å². The highest BCUT2D eigenvalue weighted by atomic mass is 16.5. The van der Waals surface area contributed by atoms with Crippen molar-refractivity contribution in [3.05, 3.63) is 59.9 Å². The van der Waals surface area contributed by atoms with Gasteiger partial charge in [0.2, 0.25) is 0 Å². The Labute approximate surface area is 127 Å². The number of aromatic nitrogens is 1. The molecule has 0 saturated carbocycles. The van der Waals surface area contributed by atoms with Gasteiger partial charge in [0.15, 0.2) is 0 Å². The molecule has 0 bridgehead atoms. The van der Waals surface area contributed by atoms with E-state index in [1.54, 1.807) is 0 Å². The number of nitrogens with zero attached hydrogens (tertiary/aromatic N) is 1.